The monoisotopic (exact) mass is 235 g/mol. The van der Waals surface area contributed by atoms with Crippen LogP contribution in [0.1, 0.15) is 0 Å². The molecule has 0 fully saturated rings. The molecule has 1 aromatic carbocycles. The van der Waals surface area contributed by atoms with E-state index < -0.39 is 10.7 Å². The minimum atomic E-state index is -0.501. The predicted octanol–water partition coefficient (Wildman–Crippen LogP) is 1.86. The van der Waals surface area contributed by atoms with Crippen molar-refractivity contribution in [1.82, 2.24) is 0 Å². The standard InChI is InChI=1S/C11H8FN2O3/c12-9-2-1-7-13(8-9)17-11-5-3-10(4-6-11)14(15)16/h1-8H/q+1. The summed E-state index contributed by atoms with van der Waals surface area (Å²) in [5.74, 6) is -0.0550. The molecule has 0 radical (unpaired) electrons. The number of pyridine rings is 1. The highest BCUT2D eigenvalue weighted by molar-refractivity contribution is 5.35. The van der Waals surface area contributed by atoms with E-state index in [1.54, 1.807) is 0 Å². The molecule has 5 nitrogen and oxygen atoms in total. The molecule has 2 rings (SSSR count). The van der Waals surface area contributed by atoms with E-state index in [-0.39, 0.29) is 5.69 Å². The molecule has 17 heavy (non-hydrogen) atoms. The maximum Gasteiger partial charge on any atom is 0.269 e. The van der Waals surface area contributed by atoms with Crippen LogP contribution in [0.4, 0.5) is 10.1 Å². The number of benzene rings is 1. The minimum absolute atomic E-state index is 0.0263. The molecular formula is C11H8FN2O3+. The van der Waals surface area contributed by atoms with Gasteiger partial charge in [0.1, 0.15) is 0 Å². The van der Waals surface area contributed by atoms with Gasteiger partial charge < -0.3 is 0 Å². The number of halogens is 1. The van der Waals surface area contributed by atoms with Gasteiger partial charge in [-0.25, -0.2) is 9.23 Å². The average molecular weight is 235 g/mol. The summed E-state index contributed by atoms with van der Waals surface area (Å²) in [7, 11) is 0. The molecule has 2 aromatic rings. The lowest BCUT2D eigenvalue weighted by Crippen LogP contribution is -2.39. The first-order valence-corrected chi connectivity index (χ1v) is 4.75. The molecule has 0 spiro atoms. The zero-order valence-corrected chi connectivity index (χ0v) is 8.62. The van der Waals surface area contributed by atoms with E-state index >= 15 is 0 Å². The molecule has 0 bridgehead atoms. The largest absolute Gasteiger partial charge is 0.269 e. The number of nitro benzene ring substituents is 1. The number of hydrogen-bond donors (Lipinski definition) is 0. The summed E-state index contributed by atoms with van der Waals surface area (Å²) >= 11 is 0. The van der Waals surface area contributed by atoms with Crippen molar-refractivity contribution in [1.29, 1.82) is 0 Å². The van der Waals surface area contributed by atoms with Crippen LogP contribution in [0.15, 0.2) is 48.8 Å². The van der Waals surface area contributed by atoms with Gasteiger partial charge in [-0.2, -0.15) is 0 Å². The molecular weight excluding hydrogens is 227 g/mol. The van der Waals surface area contributed by atoms with Crippen LogP contribution in [0.25, 0.3) is 0 Å². The molecule has 0 saturated heterocycles. The molecule has 0 aliphatic carbocycles. The fourth-order valence-electron chi connectivity index (χ4n) is 1.23. The van der Waals surface area contributed by atoms with Crippen molar-refractivity contribution >= 4 is 5.69 Å². The fourth-order valence-corrected chi connectivity index (χ4v) is 1.23. The Labute approximate surface area is 95.8 Å². The zero-order valence-electron chi connectivity index (χ0n) is 8.62. The molecule has 0 atom stereocenters. The normalized spacial score (nSPS) is 9.94. The van der Waals surface area contributed by atoms with E-state index in [0.717, 1.165) is 6.20 Å². The lowest BCUT2D eigenvalue weighted by Gasteiger charge is -1.97. The second kappa shape index (κ2) is 4.56. The molecule has 0 aliphatic rings. The highest BCUT2D eigenvalue weighted by Crippen LogP contribution is 2.16. The summed E-state index contributed by atoms with van der Waals surface area (Å²) < 4.78 is 14.0. The van der Waals surface area contributed by atoms with Crippen molar-refractivity contribution < 1.29 is 18.9 Å². The molecule has 0 saturated carbocycles. The van der Waals surface area contributed by atoms with Crippen molar-refractivity contribution in [3.63, 3.8) is 0 Å². The van der Waals surface area contributed by atoms with E-state index in [1.165, 1.54) is 47.3 Å². The van der Waals surface area contributed by atoms with Crippen LogP contribution in [0.5, 0.6) is 5.75 Å². The van der Waals surface area contributed by atoms with Gasteiger partial charge in [-0.15, -0.1) is 0 Å². The Balaban J connectivity index is 2.16. The zero-order chi connectivity index (χ0) is 12.3. The van der Waals surface area contributed by atoms with Crippen molar-refractivity contribution in [3.05, 3.63) is 64.7 Å². The van der Waals surface area contributed by atoms with Crippen LogP contribution in [0.3, 0.4) is 0 Å². The third-order valence-corrected chi connectivity index (χ3v) is 2.00. The minimum Gasteiger partial charge on any atom is -0.258 e. The van der Waals surface area contributed by atoms with Gasteiger partial charge >= 0.3 is 0 Å². The molecule has 86 valence electrons. The summed E-state index contributed by atoms with van der Waals surface area (Å²) in [5.41, 5.74) is -0.0263. The van der Waals surface area contributed by atoms with Crippen molar-refractivity contribution in [3.8, 4) is 5.75 Å². The Morgan fingerprint density at radius 2 is 1.94 bits per heavy atom. The topological polar surface area (TPSA) is 56.3 Å². The van der Waals surface area contributed by atoms with Crippen LogP contribution < -0.4 is 9.57 Å². The quantitative estimate of drug-likeness (QED) is 0.463. The lowest BCUT2D eigenvalue weighted by molar-refractivity contribution is -0.876. The second-order valence-electron chi connectivity index (χ2n) is 3.22. The Bertz CT molecular complexity index is 543. The van der Waals surface area contributed by atoms with E-state index in [1.807, 2.05) is 0 Å². The van der Waals surface area contributed by atoms with E-state index in [9.17, 15) is 14.5 Å². The maximum absolute atomic E-state index is 12.8. The van der Waals surface area contributed by atoms with E-state index in [2.05, 4.69) is 0 Å². The summed E-state index contributed by atoms with van der Waals surface area (Å²) in [6.07, 6.45) is 2.67. The van der Waals surface area contributed by atoms with E-state index in [0.29, 0.717) is 5.75 Å². The van der Waals surface area contributed by atoms with Gasteiger partial charge in [0.25, 0.3) is 11.9 Å². The average Bonchev–Trinajstić information content (AvgIpc) is 2.29. The summed E-state index contributed by atoms with van der Waals surface area (Å²) in [4.78, 5) is 15.2. The first-order chi connectivity index (χ1) is 8.15. The van der Waals surface area contributed by atoms with Crippen molar-refractivity contribution in [2.75, 3.05) is 0 Å². The third kappa shape index (κ3) is 2.75. The number of nitrogens with zero attached hydrogens (tertiary/aromatic N) is 2. The van der Waals surface area contributed by atoms with Gasteiger partial charge in [0.15, 0.2) is 5.82 Å². The SMILES string of the molecule is O=[N+]([O-])c1ccc(O[n+]2cccc(F)c2)cc1. The lowest BCUT2D eigenvalue weighted by atomic mass is 10.3. The summed E-state index contributed by atoms with van der Waals surface area (Å²) in [6.45, 7) is 0. The highest BCUT2D eigenvalue weighted by Gasteiger charge is 2.08. The first kappa shape index (κ1) is 11.0. The third-order valence-electron chi connectivity index (χ3n) is 2.00. The smallest absolute Gasteiger partial charge is 0.258 e. The van der Waals surface area contributed by atoms with Gasteiger partial charge in [0, 0.05) is 22.9 Å². The molecule has 0 amide bonds. The number of non-ortho nitro benzene ring substituents is 1. The molecule has 1 aromatic heterocycles. The van der Waals surface area contributed by atoms with Gasteiger partial charge in [0.2, 0.25) is 11.9 Å². The molecule has 0 unspecified atom stereocenters. The maximum atomic E-state index is 12.8. The summed E-state index contributed by atoms with van der Waals surface area (Å²) in [6, 6.07) is 8.28. The molecule has 6 heteroatoms. The second-order valence-corrected chi connectivity index (χ2v) is 3.22. The Morgan fingerprint density at radius 1 is 1.24 bits per heavy atom. The van der Waals surface area contributed by atoms with E-state index in [4.69, 9.17) is 4.84 Å². The van der Waals surface area contributed by atoms with Gasteiger partial charge in [-0.05, 0) is 18.2 Å². The van der Waals surface area contributed by atoms with Gasteiger partial charge in [0.05, 0.1) is 4.92 Å². The number of rotatable bonds is 3. The molecule has 1 heterocycles. The van der Waals surface area contributed by atoms with Crippen LogP contribution >= 0.6 is 0 Å². The number of nitro groups is 1. The van der Waals surface area contributed by atoms with Crippen molar-refractivity contribution in [2.45, 2.75) is 0 Å². The number of hydrogen-bond acceptors (Lipinski definition) is 3. The summed E-state index contributed by atoms with van der Waals surface area (Å²) in [5, 5.41) is 10.4. The highest BCUT2D eigenvalue weighted by atomic mass is 19.1. The Kier molecular flexibility index (Phi) is 2.95. The van der Waals surface area contributed by atoms with Gasteiger partial charge in [-0.1, -0.05) is 0 Å². The fraction of sp³-hybridized carbons (Fsp3) is 0. The Hall–Kier alpha value is -2.50. The number of aromatic nitrogens is 1. The molecule has 0 aliphatic heterocycles. The van der Waals surface area contributed by atoms with Gasteiger partial charge in [-0.3, -0.25) is 10.1 Å². The van der Waals surface area contributed by atoms with Crippen LogP contribution in [-0.2, 0) is 0 Å². The van der Waals surface area contributed by atoms with Crippen LogP contribution in [-0.4, -0.2) is 4.92 Å². The van der Waals surface area contributed by atoms with Crippen LogP contribution in [0.2, 0.25) is 0 Å². The molecule has 0 N–H and O–H groups in total. The predicted molar refractivity (Wildman–Crippen MR) is 55.7 cm³/mol. The van der Waals surface area contributed by atoms with Crippen LogP contribution in [0, 0.1) is 15.9 Å². The van der Waals surface area contributed by atoms with Crippen molar-refractivity contribution in [2.24, 2.45) is 0 Å². The Morgan fingerprint density at radius 3 is 2.53 bits per heavy atom. The first-order valence-electron chi connectivity index (χ1n) is 4.75.